The van der Waals surface area contributed by atoms with Crippen LogP contribution < -0.4 is 10.2 Å². The summed E-state index contributed by atoms with van der Waals surface area (Å²) >= 11 is 1.74. The summed E-state index contributed by atoms with van der Waals surface area (Å²) in [4.78, 5) is 26.6. The summed E-state index contributed by atoms with van der Waals surface area (Å²) in [7, 11) is 1.92. The van der Waals surface area contributed by atoms with Crippen molar-refractivity contribution in [1.29, 1.82) is 0 Å². The number of anilines is 2. The third kappa shape index (κ3) is 3.77. The Balaban J connectivity index is 1.26. The summed E-state index contributed by atoms with van der Waals surface area (Å²) in [6.45, 7) is 6.37. The molecular weight excluding hydrogens is 408 g/mol. The van der Waals surface area contributed by atoms with Crippen molar-refractivity contribution in [3.05, 3.63) is 48.0 Å². The van der Waals surface area contributed by atoms with Crippen LogP contribution in [0.2, 0.25) is 0 Å². The molecule has 160 valence electrons. The van der Waals surface area contributed by atoms with Gasteiger partial charge in [-0.1, -0.05) is 12.1 Å². The van der Waals surface area contributed by atoms with Gasteiger partial charge in [-0.2, -0.15) is 0 Å². The predicted octanol–water partition coefficient (Wildman–Crippen LogP) is 3.72. The molecule has 1 fully saturated rings. The van der Waals surface area contributed by atoms with Gasteiger partial charge >= 0.3 is 0 Å². The summed E-state index contributed by atoms with van der Waals surface area (Å²) in [6.07, 6.45) is 1.96. The Morgan fingerprint density at radius 1 is 1.19 bits per heavy atom. The molecule has 4 heterocycles. The summed E-state index contributed by atoms with van der Waals surface area (Å²) in [5, 5.41) is 6.27. The zero-order valence-electron chi connectivity index (χ0n) is 17.9. The number of benzene rings is 1. The van der Waals surface area contributed by atoms with Gasteiger partial charge in [-0.05, 0) is 43.5 Å². The van der Waals surface area contributed by atoms with Crippen LogP contribution in [-0.4, -0.2) is 57.1 Å². The van der Waals surface area contributed by atoms with Crippen molar-refractivity contribution < 1.29 is 4.79 Å². The van der Waals surface area contributed by atoms with Gasteiger partial charge < -0.3 is 9.47 Å². The molecule has 7 nitrogen and oxygen atoms in total. The smallest absolute Gasteiger partial charge is 0.240 e. The number of amides is 1. The second kappa shape index (κ2) is 7.94. The number of piperazine rings is 1. The van der Waals surface area contributed by atoms with Gasteiger partial charge in [0, 0.05) is 48.5 Å². The summed E-state index contributed by atoms with van der Waals surface area (Å²) < 4.78 is 3.18. The highest BCUT2D eigenvalue weighted by molar-refractivity contribution is 7.17. The number of nitrogens with one attached hydrogen (secondary N) is 1. The van der Waals surface area contributed by atoms with Crippen LogP contribution in [-0.2, 0) is 11.8 Å². The molecule has 1 saturated heterocycles. The van der Waals surface area contributed by atoms with E-state index in [0.29, 0.717) is 12.5 Å². The topological polar surface area (TPSA) is 66.3 Å². The van der Waals surface area contributed by atoms with E-state index >= 15 is 0 Å². The minimum atomic E-state index is -0.0376. The van der Waals surface area contributed by atoms with Crippen LogP contribution in [0.4, 0.5) is 11.8 Å². The van der Waals surface area contributed by atoms with Crippen molar-refractivity contribution in [2.45, 2.75) is 25.9 Å². The average molecular weight is 435 g/mol. The van der Waals surface area contributed by atoms with E-state index < -0.39 is 0 Å². The van der Waals surface area contributed by atoms with Gasteiger partial charge in [-0.3, -0.25) is 15.0 Å². The Morgan fingerprint density at radius 2 is 1.97 bits per heavy atom. The summed E-state index contributed by atoms with van der Waals surface area (Å²) in [5.74, 6) is 1.56. The molecule has 5 rings (SSSR count). The minimum Gasteiger partial charge on any atom is -0.349 e. The quantitative estimate of drug-likeness (QED) is 0.530. The Hall–Kier alpha value is -2.97. The molecule has 1 aromatic carbocycles. The number of hydrogen-bond donors (Lipinski definition) is 1. The van der Waals surface area contributed by atoms with Crippen LogP contribution in [0.3, 0.4) is 0 Å². The lowest BCUT2D eigenvalue weighted by atomic mass is 10.1. The standard InChI is InChI=1S/C23H26N6OS/c1-15-12-28(13-16(2)29(15)21-10-20-17(11-24-21)8-9-31-20)14-22(30)26-23-25-18-6-4-5-7-19(18)27(23)3/h4-11,15-16H,12-14H2,1-3H3,(H,25,26,30)/t15-,16+. The number of carbonyl (C=O) groups is 1. The van der Waals surface area contributed by atoms with Crippen LogP contribution in [0.15, 0.2) is 48.0 Å². The van der Waals surface area contributed by atoms with E-state index in [1.807, 2.05) is 42.1 Å². The number of fused-ring (bicyclic) bond motifs is 2. The molecule has 4 aromatic rings. The lowest BCUT2D eigenvalue weighted by Crippen LogP contribution is -2.58. The monoisotopic (exact) mass is 434 g/mol. The van der Waals surface area contributed by atoms with Crippen LogP contribution in [0, 0.1) is 0 Å². The molecule has 31 heavy (non-hydrogen) atoms. The first-order valence-corrected chi connectivity index (χ1v) is 11.4. The Labute approximate surface area is 185 Å². The maximum Gasteiger partial charge on any atom is 0.240 e. The van der Waals surface area contributed by atoms with Gasteiger partial charge in [-0.15, -0.1) is 11.3 Å². The Morgan fingerprint density at radius 3 is 2.74 bits per heavy atom. The number of aromatic nitrogens is 3. The van der Waals surface area contributed by atoms with Gasteiger partial charge in [0.1, 0.15) is 5.82 Å². The number of nitrogens with zero attached hydrogens (tertiary/aromatic N) is 5. The highest BCUT2D eigenvalue weighted by Crippen LogP contribution is 2.28. The van der Waals surface area contributed by atoms with E-state index in [0.717, 1.165) is 29.9 Å². The first kappa shape index (κ1) is 20.0. The number of thiophene rings is 1. The second-order valence-electron chi connectivity index (χ2n) is 8.33. The highest BCUT2D eigenvalue weighted by atomic mass is 32.1. The molecular formula is C23H26N6OS. The number of imidazole rings is 1. The summed E-state index contributed by atoms with van der Waals surface area (Å²) in [5.41, 5.74) is 1.88. The Bertz CT molecular complexity index is 1240. The van der Waals surface area contributed by atoms with Crippen LogP contribution >= 0.6 is 11.3 Å². The van der Waals surface area contributed by atoms with Crippen molar-refractivity contribution in [2.24, 2.45) is 7.05 Å². The molecule has 2 atom stereocenters. The Kier molecular flexibility index (Phi) is 5.11. The maximum atomic E-state index is 12.8. The van der Waals surface area contributed by atoms with Gasteiger partial charge in [0.15, 0.2) is 0 Å². The normalized spacial score (nSPS) is 19.9. The van der Waals surface area contributed by atoms with E-state index in [1.54, 1.807) is 11.3 Å². The van der Waals surface area contributed by atoms with Gasteiger partial charge in [0.25, 0.3) is 0 Å². The first-order valence-electron chi connectivity index (χ1n) is 10.5. The number of para-hydroxylation sites is 2. The summed E-state index contributed by atoms with van der Waals surface area (Å²) in [6, 6.07) is 12.7. The van der Waals surface area contributed by atoms with Gasteiger partial charge in [0.05, 0.1) is 17.6 Å². The van der Waals surface area contributed by atoms with E-state index in [1.165, 1.54) is 10.1 Å². The number of hydrogen-bond acceptors (Lipinski definition) is 6. The molecule has 0 bridgehead atoms. The molecule has 1 N–H and O–H groups in total. The van der Waals surface area contributed by atoms with Crippen molar-refractivity contribution in [1.82, 2.24) is 19.4 Å². The molecule has 3 aromatic heterocycles. The van der Waals surface area contributed by atoms with Crippen molar-refractivity contribution in [3.8, 4) is 0 Å². The fourth-order valence-corrected chi connectivity index (χ4v) is 5.42. The van der Waals surface area contributed by atoms with Crippen LogP contribution in [0.1, 0.15) is 13.8 Å². The highest BCUT2D eigenvalue weighted by Gasteiger charge is 2.31. The zero-order chi connectivity index (χ0) is 21.5. The molecule has 8 heteroatoms. The fraction of sp³-hybridized carbons (Fsp3) is 0.348. The third-order valence-corrected chi connectivity index (χ3v) is 6.87. The van der Waals surface area contributed by atoms with E-state index in [-0.39, 0.29) is 18.0 Å². The molecule has 1 amide bonds. The van der Waals surface area contributed by atoms with Crippen molar-refractivity contribution >= 4 is 50.1 Å². The maximum absolute atomic E-state index is 12.8. The molecule has 0 aliphatic carbocycles. The lowest BCUT2D eigenvalue weighted by molar-refractivity contribution is -0.117. The molecule has 1 aliphatic rings. The number of rotatable bonds is 4. The molecule has 0 radical (unpaired) electrons. The molecule has 0 spiro atoms. The molecule has 1 aliphatic heterocycles. The molecule has 0 unspecified atom stereocenters. The lowest BCUT2D eigenvalue weighted by Gasteiger charge is -2.45. The zero-order valence-corrected chi connectivity index (χ0v) is 18.8. The van der Waals surface area contributed by atoms with Gasteiger partial charge in [0.2, 0.25) is 11.9 Å². The number of aryl methyl sites for hydroxylation is 1. The number of pyridine rings is 1. The van der Waals surface area contributed by atoms with Crippen molar-refractivity contribution in [3.63, 3.8) is 0 Å². The second-order valence-corrected chi connectivity index (χ2v) is 9.28. The van der Waals surface area contributed by atoms with E-state index in [4.69, 9.17) is 4.98 Å². The third-order valence-electron chi connectivity index (χ3n) is 5.99. The SMILES string of the molecule is C[C@@H]1CN(CC(=O)Nc2nc3ccccc3n2C)C[C@H](C)N1c1cc2sccc2cn1. The van der Waals surface area contributed by atoms with Crippen molar-refractivity contribution in [2.75, 3.05) is 29.9 Å². The van der Waals surface area contributed by atoms with Gasteiger partial charge in [-0.25, -0.2) is 9.97 Å². The minimum absolute atomic E-state index is 0.0376. The fourth-order valence-electron chi connectivity index (χ4n) is 4.62. The molecule has 0 saturated carbocycles. The largest absolute Gasteiger partial charge is 0.349 e. The van der Waals surface area contributed by atoms with E-state index in [9.17, 15) is 4.79 Å². The first-order chi connectivity index (χ1) is 15.0. The van der Waals surface area contributed by atoms with Crippen LogP contribution in [0.25, 0.3) is 21.1 Å². The average Bonchev–Trinajstić information content (AvgIpc) is 3.32. The van der Waals surface area contributed by atoms with E-state index in [2.05, 4.69) is 51.5 Å². The number of carbonyl (C=O) groups excluding carboxylic acids is 1. The predicted molar refractivity (Wildman–Crippen MR) is 127 cm³/mol. The van der Waals surface area contributed by atoms with Crippen LogP contribution in [0.5, 0.6) is 0 Å².